The number of fused-ring (bicyclic) bond motifs is 1. The molecule has 0 aliphatic carbocycles. The van der Waals surface area contributed by atoms with E-state index in [0.717, 1.165) is 10.5 Å². The van der Waals surface area contributed by atoms with Gasteiger partial charge in [-0.3, -0.25) is 14.5 Å². The maximum absolute atomic E-state index is 12.4. The molecule has 0 saturated heterocycles. The van der Waals surface area contributed by atoms with Crippen molar-refractivity contribution in [1.29, 1.82) is 0 Å². The van der Waals surface area contributed by atoms with Gasteiger partial charge in [-0.25, -0.2) is 4.79 Å². The molecule has 0 unspecified atom stereocenters. The standard InChI is InChI=1S/C20H19NO4/c1-12(2)14-8-10-15(11-9-14)25-20(24)13(3)21-18(22)16-6-4-5-7-17(16)19(21)23/h4-13H,1-3H3/t13-/m1/s1. The fourth-order valence-electron chi connectivity index (χ4n) is 2.79. The summed E-state index contributed by atoms with van der Waals surface area (Å²) in [5.74, 6) is -0.827. The van der Waals surface area contributed by atoms with E-state index in [1.165, 1.54) is 6.92 Å². The molecule has 0 aromatic heterocycles. The first-order valence-electron chi connectivity index (χ1n) is 8.18. The highest BCUT2D eigenvalue weighted by atomic mass is 16.5. The van der Waals surface area contributed by atoms with Crippen LogP contribution in [0.4, 0.5) is 0 Å². The summed E-state index contributed by atoms with van der Waals surface area (Å²) in [5.41, 5.74) is 1.76. The number of esters is 1. The Morgan fingerprint density at radius 1 is 0.880 bits per heavy atom. The molecule has 3 rings (SSSR count). The summed E-state index contributed by atoms with van der Waals surface area (Å²) in [6.45, 7) is 5.64. The van der Waals surface area contributed by atoms with Gasteiger partial charge in [0.25, 0.3) is 11.8 Å². The second-order valence-electron chi connectivity index (χ2n) is 6.35. The van der Waals surface area contributed by atoms with Gasteiger partial charge in [0.1, 0.15) is 11.8 Å². The average molecular weight is 337 g/mol. The lowest BCUT2D eigenvalue weighted by Crippen LogP contribution is -2.44. The molecule has 2 aromatic carbocycles. The van der Waals surface area contributed by atoms with Crippen molar-refractivity contribution >= 4 is 17.8 Å². The number of hydrogen-bond donors (Lipinski definition) is 0. The Bertz CT molecular complexity index is 804. The van der Waals surface area contributed by atoms with Gasteiger partial charge in [0, 0.05) is 0 Å². The van der Waals surface area contributed by atoms with Crippen molar-refractivity contribution in [2.45, 2.75) is 32.7 Å². The molecule has 0 radical (unpaired) electrons. The summed E-state index contributed by atoms with van der Waals surface area (Å²) in [6, 6.07) is 12.7. The molecular weight excluding hydrogens is 318 g/mol. The van der Waals surface area contributed by atoms with Crippen LogP contribution in [0.3, 0.4) is 0 Å². The van der Waals surface area contributed by atoms with Gasteiger partial charge in [0.15, 0.2) is 0 Å². The highest BCUT2D eigenvalue weighted by Gasteiger charge is 2.41. The Morgan fingerprint density at radius 2 is 1.40 bits per heavy atom. The number of benzene rings is 2. The number of hydrogen-bond acceptors (Lipinski definition) is 4. The molecule has 5 heteroatoms. The fraction of sp³-hybridized carbons (Fsp3) is 0.250. The van der Waals surface area contributed by atoms with Crippen LogP contribution in [0.15, 0.2) is 48.5 Å². The van der Waals surface area contributed by atoms with Gasteiger partial charge in [0.05, 0.1) is 11.1 Å². The predicted molar refractivity (Wildman–Crippen MR) is 92.6 cm³/mol. The molecule has 1 aliphatic heterocycles. The van der Waals surface area contributed by atoms with Crippen molar-refractivity contribution in [3.63, 3.8) is 0 Å². The third-order valence-corrected chi connectivity index (χ3v) is 4.32. The van der Waals surface area contributed by atoms with Crippen molar-refractivity contribution < 1.29 is 19.1 Å². The van der Waals surface area contributed by atoms with Crippen molar-refractivity contribution in [2.24, 2.45) is 0 Å². The minimum Gasteiger partial charge on any atom is -0.425 e. The lowest BCUT2D eigenvalue weighted by molar-refractivity contribution is -0.138. The van der Waals surface area contributed by atoms with Gasteiger partial charge in [0.2, 0.25) is 0 Å². The number of carbonyl (C=O) groups is 3. The van der Waals surface area contributed by atoms with E-state index in [1.807, 2.05) is 12.1 Å². The monoisotopic (exact) mass is 337 g/mol. The molecule has 0 saturated carbocycles. The first kappa shape index (κ1) is 16.9. The highest BCUT2D eigenvalue weighted by Crippen LogP contribution is 2.25. The second kappa shape index (κ2) is 6.51. The molecule has 1 aliphatic rings. The predicted octanol–water partition coefficient (Wildman–Crippen LogP) is 3.40. The number of imide groups is 1. The smallest absolute Gasteiger partial charge is 0.334 e. The zero-order valence-corrected chi connectivity index (χ0v) is 14.4. The molecule has 128 valence electrons. The summed E-state index contributed by atoms with van der Waals surface area (Å²) in [5, 5.41) is 0. The van der Waals surface area contributed by atoms with Crippen LogP contribution in [0.1, 0.15) is 53.0 Å². The molecule has 0 spiro atoms. The van der Waals surface area contributed by atoms with Crippen molar-refractivity contribution in [2.75, 3.05) is 0 Å². The van der Waals surface area contributed by atoms with E-state index >= 15 is 0 Å². The van der Waals surface area contributed by atoms with Crippen LogP contribution >= 0.6 is 0 Å². The zero-order chi connectivity index (χ0) is 18.1. The Morgan fingerprint density at radius 3 is 1.88 bits per heavy atom. The molecule has 0 fully saturated rings. The fourth-order valence-corrected chi connectivity index (χ4v) is 2.79. The number of carbonyl (C=O) groups excluding carboxylic acids is 3. The summed E-state index contributed by atoms with van der Waals surface area (Å²) in [4.78, 5) is 38.2. The lowest BCUT2D eigenvalue weighted by Gasteiger charge is -2.20. The van der Waals surface area contributed by atoms with Crippen molar-refractivity contribution in [3.8, 4) is 5.75 Å². The summed E-state index contributed by atoms with van der Waals surface area (Å²) in [6.07, 6.45) is 0. The second-order valence-corrected chi connectivity index (χ2v) is 6.35. The largest absolute Gasteiger partial charge is 0.425 e. The maximum atomic E-state index is 12.4. The molecule has 5 nitrogen and oxygen atoms in total. The van der Waals surface area contributed by atoms with E-state index in [0.29, 0.717) is 22.8 Å². The Kier molecular flexibility index (Phi) is 4.40. The summed E-state index contributed by atoms with van der Waals surface area (Å²) >= 11 is 0. The number of rotatable bonds is 4. The number of nitrogens with zero attached hydrogens (tertiary/aromatic N) is 1. The van der Waals surface area contributed by atoms with E-state index in [9.17, 15) is 14.4 Å². The quantitative estimate of drug-likeness (QED) is 0.487. The zero-order valence-electron chi connectivity index (χ0n) is 14.4. The van der Waals surface area contributed by atoms with Crippen LogP contribution in [0.25, 0.3) is 0 Å². The molecule has 1 heterocycles. The van der Waals surface area contributed by atoms with Crippen LogP contribution < -0.4 is 4.74 Å². The molecule has 1 atom stereocenters. The Balaban J connectivity index is 1.75. The molecule has 2 amide bonds. The lowest BCUT2D eigenvalue weighted by atomic mass is 10.0. The van der Waals surface area contributed by atoms with E-state index in [-0.39, 0.29) is 0 Å². The Hall–Kier alpha value is -2.95. The molecule has 25 heavy (non-hydrogen) atoms. The van der Waals surface area contributed by atoms with Gasteiger partial charge in [-0.1, -0.05) is 38.1 Å². The van der Waals surface area contributed by atoms with Crippen molar-refractivity contribution in [1.82, 2.24) is 4.90 Å². The van der Waals surface area contributed by atoms with Gasteiger partial charge in [-0.05, 0) is 42.7 Å². The number of amides is 2. The average Bonchev–Trinajstić information content (AvgIpc) is 2.86. The van der Waals surface area contributed by atoms with Gasteiger partial charge < -0.3 is 4.74 Å². The SMILES string of the molecule is CC(C)c1ccc(OC(=O)[C@@H](C)N2C(=O)c3ccccc3C2=O)cc1. The molecule has 0 bridgehead atoms. The molecular formula is C20H19NO4. The first-order valence-corrected chi connectivity index (χ1v) is 8.18. The Labute approximate surface area is 146 Å². The van der Waals surface area contributed by atoms with E-state index < -0.39 is 23.8 Å². The van der Waals surface area contributed by atoms with Gasteiger partial charge in [-0.15, -0.1) is 0 Å². The van der Waals surface area contributed by atoms with Crippen molar-refractivity contribution in [3.05, 3.63) is 65.2 Å². The number of ether oxygens (including phenoxy) is 1. The van der Waals surface area contributed by atoms with Crippen LogP contribution in [-0.2, 0) is 4.79 Å². The summed E-state index contributed by atoms with van der Waals surface area (Å²) in [7, 11) is 0. The third kappa shape index (κ3) is 3.05. The van der Waals surface area contributed by atoms with E-state index in [4.69, 9.17) is 4.74 Å². The topological polar surface area (TPSA) is 63.7 Å². The molecule has 2 aromatic rings. The van der Waals surface area contributed by atoms with E-state index in [1.54, 1.807) is 36.4 Å². The van der Waals surface area contributed by atoms with Crippen LogP contribution in [0.5, 0.6) is 5.75 Å². The van der Waals surface area contributed by atoms with Crippen LogP contribution in [-0.4, -0.2) is 28.7 Å². The highest BCUT2D eigenvalue weighted by molar-refractivity contribution is 6.22. The van der Waals surface area contributed by atoms with Crippen LogP contribution in [0, 0.1) is 0 Å². The third-order valence-electron chi connectivity index (χ3n) is 4.32. The minimum absolute atomic E-state index is 0.313. The first-order chi connectivity index (χ1) is 11.9. The normalized spacial score (nSPS) is 14.6. The van der Waals surface area contributed by atoms with Crippen LogP contribution in [0.2, 0.25) is 0 Å². The van der Waals surface area contributed by atoms with Gasteiger partial charge >= 0.3 is 5.97 Å². The van der Waals surface area contributed by atoms with E-state index in [2.05, 4.69) is 13.8 Å². The summed E-state index contributed by atoms with van der Waals surface area (Å²) < 4.78 is 5.33. The molecule has 0 N–H and O–H groups in total. The minimum atomic E-state index is -1.00. The van der Waals surface area contributed by atoms with Gasteiger partial charge in [-0.2, -0.15) is 0 Å². The maximum Gasteiger partial charge on any atom is 0.334 e.